The zero-order chi connectivity index (χ0) is 18.7. The molecule has 3 aliphatic heterocycles. The molecule has 0 radical (unpaired) electrons. The third-order valence-electron chi connectivity index (χ3n) is 6.97. The SMILES string of the molecule is Cl.Cl.O=c1c(CN2CCc3nc(C4CC4)nn3CC2)ccc2n1C[C@@H]1CNC[C@H]2C1. The van der Waals surface area contributed by atoms with Crippen molar-refractivity contribution in [3.05, 3.63) is 45.4 Å². The summed E-state index contributed by atoms with van der Waals surface area (Å²) in [6, 6.07) is 4.28. The van der Waals surface area contributed by atoms with Crippen molar-refractivity contribution in [1.29, 1.82) is 0 Å². The molecule has 2 bridgehead atoms. The third-order valence-corrected chi connectivity index (χ3v) is 6.97. The van der Waals surface area contributed by atoms with E-state index in [1.165, 1.54) is 25.0 Å². The number of hydrogen-bond acceptors (Lipinski definition) is 5. The van der Waals surface area contributed by atoms with Crippen LogP contribution in [0.4, 0.5) is 0 Å². The van der Waals surface area contributed by atoms with Crippen LogP contribution in [-0.4, -0.2) is 50.4 Å². The lowest BCUT2D eigenvalue weighted by Gasteiger charge is -2.37. The fourth-order valence-corrected chi connectivity index (χ4v) is 5.23. The zero-order valence-electron chi connectivity index (χ0n) is 17.1. The summed E-state index contributed by atoms with van der Waals surface area (Å²) >= 11 is 0. The topological polar surface area (TPSA) is 68.0 Å². The highest BCUT2D eigenvalue weighted by Crippen LogP contribution is 2.38. The van der Waals surface area contributed by atoms with E-state index < -0.39 is 0 Å². The number of nitrogens with one attached hydrogen (secondary N) is 1. The highest BCUT2D eigenvalue weighted by molar-refractivity contribution is 5.85. The molecule has 1 saturated heterocycles. The summed E-state index contributed by atoms with van der Waals surface area (Å²) in [6.45, 7) is 6.39. The molecule has 2 atom stereocenters. The molecular formula is C21H30Cl2N6O. The summed E-state index contributed by atoms with van der Waals surface area (Å²) in [5.74, 6) is 3.88. The smallest absolute Gasteiger partial charge is 0.255 e. The van der Waals surface area contributed by atoms with Crippen LogP contribution in [0.2, 0.25) is 0 Å². The van der Waals surface area contributed by atoms with Crippen molar-refractivity contribution >= 4 is 24.8 Å². The van der Waals surface area contributed by atoms with Gasteiger partial charge in [0.25, 0.3) is 5.56 Å². The molecule has 2 aromatic rings. The van der Waals surface area contributed by atoms with Crippen LogP contribution in [0.25, 0.3) is 0 Å². The molecule has 5 heterocycles. The summed E-state index contributed by atoms with van der Waals surface area (Å²) in [5.41, 5.74) is 2.39. The Bertz CT molecular complexity index is 943. The largest absolute Gasteiger partial charge is 0.316 e. The molecule has 4 aliphatic rings. The van der Waals surface area contributed by atoms with Gasteiger partial charge in [-0.15, -0.1) is 24.8 Å². The van der Waals surface area contributed by atoms with Gasteiger partial charge >= 0.3 is 0 Å². The first-order valence-electron chi connectivity index (χ1n) is 10.8. The minimum Gasteiger partial charge on any atom is -0.316 e. The van der Waals surface area contributed by atoms with Gasteiger partial charge in [0.1, 0.15) is 5.82 Å². The molecular weight excluding hydrogens is 423 g/mol. The van der Waals surface area contributed by atoms with Gasteiger partial charge < -0.3 is 9.88 Å². The standard InChI is InChI=1S/C21H28N6O.2ClH/c28-21-16(3-4-18-17-9-14(10-22-11-17)12-26(18)21)13-25-6-5-19-23-20(15-1-2-15)24-27(19)8-7-25;;/h3-4,14-15,17,22H,1-2,5-13H2;2*1H/t14-,17+;;/m0../s1. The minimum atomic E-state index is 0. The molecule has 2 aromatic heterocycles. The number of rotatable bonds is 3. The average Bonchev–Trinajstić information content (AvgIpc) is 3.50. The molecule has 0 spiro atoms. The molecule has 0 unspecified atom stereocenters. The lowest BCUT2D eigenvalue weighted by Crippen LogP contribution is -2.45. The Morgan fingerprint density at radius 1 is 1.07 bits per heavy atom. The van der Waals surface area contributed by atoms with Crippen molar-refractivity contribution in [3.8, 4) is 0 Å². The second-order valence-corrected chi connectivity index (χ2v) is 9.07. The monoisotopic (exact) mass is 452 g/mol. The third kappa shape index (κ3) is 3.93. The van der Waals surface area contributed by atoms with Crippen molar-refractivity contribution in [1.82, 2.24) is 29.5 Å². The van der Waals surface area contributed by atoms with E-state index in [9.17, 15) is 4.79 Å². The van der Waals surface area contributed by atoms with E-state index in [-0.39, 0.29) is 30.4 Å². The first kappa shape index (κ1) is 21.8. The Labute approximate surface area is 189 Å². The molecule has 1 aliphatic carbocycles. The minimum absolute atomic E-state index is 0. The van der Waals surface area contributed by atoms with Crippen LogP contribution >= 0.6 is 24.8 Å². The molecule has 1 N–H and O–H groups in total. The van der Waals surface area contributed by atoms with Crippen molar-refractivity contribution in [2.75, 3.05) is 26.2 Å². The van der Waals surface area contributed by atoms with Crippen LogP contribution in [0.1, 0.15) is 54.0 Å². The first-order chi connectivity index (χ1) is 13.7. The number of nitrogens with zero attached hydrogens (tertiary/aromatic N) is 5. The van der Waals surface area contributed by atoms with Crippen molar-refractivity contribution in [3.63, 3.8) is 0 Å². The lowest BCUT2D eigenvalue weighted by molar-refractivity contribution is 0.249. The lowest BCUT2D eigenvalue weighted by atomic mass is 9.84. The summed E-state index contributed by atoms with van der Waals surface area (Å²) in [4.78, 5) is 20.4. The van der Waals surface area contributed by atoms with Crippen molar-refractivity contribution in [2.45, 2.75) is 57.2 Å². The van der Waals surface area contributed by atoms with E-state index in [1.807, 2.05) is 0 Å². The summed E-state index contributed by atoms with van der Waals surface area (Å²) < 4.78 is 4.17. The van der Waals surface area contributed by atoms with Crippen molar-refractivity contribution in [2.24, 2.45) is 5.92 Å². The van der Waals surface area contributed by atoms with E-state index in [0.717, 1.165) is 69.4 Å². The van der Waals surface area contributed by atoms with Gasteiger partial charge in [-0.2, -0.15) is 5.10 Å². The molecule has 0 aromatic carbocycles. The molecule has 1 saturated carbocycles. The fraction of sp³-hybridized carbons (Fsp3) is 0.667. The quantitative estimate of drug-likeness (QED) is 0.770. The average molecular weight is 453 g/mol. The van der Waals surface area contributed by atoms with E-state index in [0.29, 0.717) is 17.8 Å². The van der Waals surface area contributed by atoms with Crippen molar-refractivity contribution < 1.29 is 0 Å². The van der Waals surface area contributed by atoms with Crippen LogP contribution in [0, 0.1) is 5.92 Å². The number of hydrogen-bond donors (Lipinski definition) is 1. The maximum atomic E-state index is 13.2. The molecule has 7 nitrogen and oxygen atoms in total. The highest BCUT2D eigenvalue weighted by Gasteiger charge is 2.32. The number of aromatic nitrogens is 4. The Kier molecular flexibility index (Phi) is 6.26. The Morgan fingerprint density at radius 2 is 1.93 bits per heavy atom. The van der Waals surface area contributed by atoms with Crippen LogP contribution in [-0.2, 0) is 26.1 Å². The van der Waals surface area contributed by atoms with Crippen LogP contribution in [0.15, 0.2) is 16.9 Å². The van der Waals surface area contributed by atoms with E-state index in [2.05, 4.69) is 31.6 Å². The van der Waals surface area contributed by atoms with Gasteiger partial charge in [0.15, 0.2) is 5.82 Å². The second kappa shape index (κ2) is 8.61. The van der Waals surface area contributed by atoms with Gasteiger partial charge in [-0.25, -0.2) is 9.67 Å². The highest BCUT2D eigenvalue weighted by atomic mass is 35.5. The van der Waals surface area contributed by atoms with Gasteiger partial charge in [0, 0.05) is 62.2 Å². The zero-order valence-corrected chi connectivity index (χ0v) is 18.8. The molecule has 2 fully saturated rings. The van der Waals surface area contributed by atoms with Gasteiger partial charge in [0.05, 0.1) is 6.54 Å². The fourth-order valence-electron chi connectivity index (χ4n) is 5.23. The van der Waals surface area contributed by atoms with Gasteiger partial charge in [-0.3, -0.25) is 9.69 Å². The Hall–Kier alpha value is -1.41. The number of piperidine rings is 1. The number of fused-ring (bicyclic) bond motifs is 5. The van der Waals surface area contributed by atoms with Crippen LogP contribution in [0.3, 0.4) is 0 Å². The van der Waals surface area contributed by atoms with Crippen LogP contribution in [0.5, 0.6) is 0 Å². The predicted octanol–water partition coefficient (Wildman–Crippen LogP) is 1.93. The normalized spacial score (nSPS) is 25.3. The second-order valence-electron chi connectivity index (χ2n) is 9.07. The number of halogens is 2. The van der Waals surface area contributed by atoms with Crippen LogP contribution < -0.4 is 10.9 Å². The van der Waals surface area contributed by atoms with E-state index in [4.69, 9.17) is 10.1 Å². The first-order valence-corrected chi connectivity index (χ1v) is 10.8. The summed E-state index contributed by atoms with van der Waals surface area (Å²) in [5, 5.41) is 8.25. The number of pyridine rings is 1. The Morgan fingerprint density at radius 3 is 2.77 bits per heavy atom. The maximum Gasteiger partial charge on any atom is 0.255 e. The molecule has 6 rings (SSSR count). The summed E-state index contributed by atoms with van der Waals surface area (Å²) in [6.07, 6.45) is 4.63. The molecule has 9 heteroatoms. The molecule has 164 valence electrons. The summed E-state index contributed by atoms with van der Waals surface area (Å²) in [7, 11) is 0. The predicted molar refractivity (Wildman–Crippen MR) is 120 cm³/mol. The van der Waals surface area contributed by atoms with E-state index >= 15 is 0 Å². The van der Waals surface area contributed by atoms with E-state index in [1.54, 1.807) is 0 Å². The maximum absolute atomic E-state index is 13.2. The molecule has 0 amide bonds. The van der Waals surface area contributed by atoms with Gasteiger partial charge in [0.2, 0.25) is 0 Å². The van der Waals surface area contributed by atoms with Gasteiger partial charge in [-0.1, -0.05) is 6.07 Å². The Balaban J connectivity index is 0.00000109. The van der Waals surface area contributed by atoms with Gasteiger partial charge in [-0.05, 0) is 37.8 Å². The molecule has 30 heavy (non-hydrogen) atoms.